The summed E-state index contributed by atoms with van der Waals surface area (Å²) in [4.78, 5) is 27.9. The number of hydrogen-bond donors (Lipinski definition) is 2. The summed E-state index contributed by atoms with van der Waals surface area (Å²) >= 11 is 1.67. The minimum Gasteiger partial charge on any atom is -0.339 e. The molecule has 0 spiro atoms. The summed E-state index contributed by atoms with van der Waals surface area (Å²) in [6.45, 7) is 6.45. The lowest BCUT2D eigenvalue weighted by Crippen LogP contribution is -2.53. The quantitative estimate of drug-likeness (QED) is 0.669. The highest BCUT2D eigenvalue weighted by Crippen LogP contribution is 2.16. The molecular formula is C20H26N4O4S2. The van der Waals surface area contributed by atoms with E-state index in [4.69, 9.17) is 0 Å². The van der Waals surface area contributed by atoms with Crippen molar-refractivity contribution in [1.29, 1.82) is 0 Å². The van der Waals surface area contributed by atoms with E-state index in [1.807, 2.05) is 0 Å². The number of nitrogens with zero attached hydrogens (tertiary/aromatic N) is 2. The Morgan fingerprint density at radius 1 is 1.10 bits per heavy atom. The topological polar surface area (TPSA) is 98.8 Å². The Bertz CT molecular complexity index is 967. The maximum atomic E-state index is 12.7. The van der Waals surface area contributed by atoms with Gasteiger partial charge in [0.15, 0.2) is 0 Å². The van der Waals surface area contributed by atoms with Gasteiger partial charge < -0.3 is 10.2 Å². The summed E-state index contributed by atoms with van der Waals surface area (Å²) < 4.78 is 27.7. The molecule has 1 atom stereocenters. The molecule has 0 bridgehead atoms. The third-order valence-electron chi connectivity index (χ3n) is 4.86. The molecule has 1 aromatic heterocycles. The number of carbonyl (C=O) groups is 2. The van der Waals surface area contributed by atoms with E-state index in [9.17, 15) is 18.0 Å². The first-order chi connectivity index (χ1) is 14.2. The fraction of sp³-hybridized carbons (Fsp3) is 0.400. The lowest BCUT2D eigenvalue weighted by atomic mass is 10.2. The molecule has 0 saturated carbocycles. The average molecular weight is 451 g/mol. The van der Waals surface area contributed by atoms with Crippen molar-refractivity contribution in [3.63, 3.8) is 0 Å². The first-order valence-electron chi connectivity index (χ1n) is 9.67. The fourth-order valence-corrected chi connectivity index (χ4v) is 5.17. The van der Waals surface area contributed by atoms with Crippen LogP contribution in [0, 0.1) is 0 Å². The Morgan fingerprint density at radius 2 is 1.77 bits per heavy atom. The molecule has 1 saturated heterocycles. The molecule has 2 aromatic rings. The monoisotopic (exact) mass is 450 g/mol. The number of piperazine rings is 1. The second kappa shape index (κ2) is 9.69. The Kier molecular flexibility index (Phi) is 7.24. The summed E-state index contributed by atoms with van der Waals surface area (Å²) in [5, 5.41) is 6.76. The van der Waals surface area contributed by atoms with Crippen LogP contribution in [0.15, 0.2) is 46.0 Å². The molecule has 2 heterocycles. The molecule has 162 valence electrons. The van der Waals surface area contributed by atoms with E-state index in [2.05, 4.69) is 31.8 Å². The fourth-order valence-electron chi connectivity index (χ4n) is 3.31. The van der Waals surface area contributed by atoms with E-state index in [1.165, 1.54) is 36.8 Å². The number of sulfonamides is 1. The molecule has 8 nitrogen and oxygen atoms in total. The third-order valence-corrected chi connectivity index (χ3v) is 7.15. The molecule has 1 aromatic carbocycles. The highest BCUT2D eigenvalue weighted by Gasteiger charge is 2.28. The van der Waals surface area contributed by atoms with Crippen LogP contribution in [0.1, 0.15) is 19.4 Å². The smallest absolute Gasteiger partial charge is 0.241 e. The first-order valence-corrected chi connectivity index (χ1v) is 12.1. The van der Waals surface area contributed by atoms with Crippen LogP contribution in [-0.4, -0.2) is 62.3 Å². The Balaban J connectivity index is 1.53. The number of rotatable bonds is 7. The van der Waals surface area contributed by atoms with Crippen LogP contribution in [0.5, 0.6) is 0 Å². The molecule has 0 radical (unpaired) electrons. The lowest BCUT2D eigenvalue weighted by Gasteiger charge is -2.35. The second-order valence-corrected chi connectivity index (χ2v) is 9.78. The van der Waals surface area contributed by atoms with Crippen molar-refractivity contribution in [1.82, 2.24) is 14.5 Å². The minimum atomic E-state index is -3.85. The summed E-state index contributed by atoms with van der Waals surface area (Å²) in [5.41, 5.74) is 1.77. The van der Waals surface area contributed by atoms with Crippen molar-refractivity contribution in [2.24, 2.45) is 0 Å². The van der Waals surface area contributed by atoms with Crippen molar-refractivity contribution in [2.45, 2.75) is 31.3 Å². The Labute approximate surface area is 180 Å². The number of nitrogens with one attached hydrogen (secondary N) is 2. The molecule has 0 aliphatic carbocycles. The van der Waals surface area contributed by atoms with Gasteiger partial charge in [0.1, 0.15) is 0 Å². The van der Waals surface area contributed by atoms with Gasteiger partial charge in [-0.1, -0.05) is 0 Å². The van der Waals surface area contributed by atoms with Gasteiger partial charge in [-0.2, -0.15) is 16.1 Å². The van der Waals surface area contributed by atoms with Crippen LogP contribution >= 0.6 is 11.3 Å². The highest BCUT2D eigenvalue weighted by atomic mass is 32.2. The molecule has 1 aliphatic rings. The van der Waals surface area contributed by atoms with Crippen LogP contribution in [-0.2, 0) is 26.2 Å². The van der Waals surface area contributed by atoms with Gasteiger partial charge in [0.05, 0.1) is 10.9 Å². The van der Waals surface area contributed by atoms with Gasteiger partial charge in [-0.25, -0.2) is 8.42 Å². The number of anilines is 1. The van der Waals surface area contributed by atoms with Gasteiger partial charge in [-0.15, -0.1) is 0 Å². The first kappa shape index (κ1) is 22.4. The maximum absolute atomic E-state index is 12.7. The maximum Gasteiger partial charge on any atom is 0.241 e. The number of thiophene rings is 1. The molecule has 3 rings (SSSR count). The van der Waals surface area contributed by atoms with Gasteiger partial charge in [0.25, 0.3) is 0 Å². The van der Waals surface area contributed by atoms with Crippen LogP contribution in [0.2, 0.25) is 0 Å². The molecule has 1 aliphatic heterocycles. The van der Waals surface area contributed by atoms with Gasteiger partial charge in [-0.3, -0.25) is 14.5 Å². The molecule has 2 N–H and O–H groups in total. The van der Waals surface area contributed by atoms with E-state index in [-0.39, 0.29) is 16.7 Å². The summed E-state index contributed by atoms with van der Waals surface area (Å²) in [7, 11) is -3.85. The number of amides is 2. The average Bonchev–Trinajstić information content (AvgIpc) is 3.20. The van der Waals surface area contributed by atoms with Crippen molar-refractivity contribution in [3.8, 4) is 0 Å². The zero-order chi connectivity index (χ0) is 21.7. The van der Waals surface area contributed by atoms with Gasteiger partial charge >= 0.3 is 0 Å². The summed E-state index contributed by atoms with van der Waals surface area (Å²) in [6, 6.07) is 7.04. The van der Waals surface area contributed by atoms with E-state index < -0.39 is 16.1 Å². The molecule has 2 amide bonds. The SMILES string of the molecule is CC(=O)Nc1ccc(S(=O)(=O)N[C@@H](C)C(=O)N2CCN(Cc3ccsc3)CC2)cc1. The van der Waals surface area contributed by atoms with Crippen molar-refractivity contribution >= 4 is 38.9 Å². The molecule has 30 heavy (non-hydrogen) atoms. The minimum absolute atomic E-state index is 0.0387. The zero-order valence-corrected chi connectivity index (χ0v) is 18.6. The predicted octanol–water partition coefficient (Wildman–Crippen LogP) is 1.72. The van der Waals surface area contributed by atoms with Crippen LogP contribution in [0.25, 0.3) is 0 Å². The van der Waals surface area contributed by atoms with E-state index in [1.54, 1.807) is 23.2 Å². The molecular weight excluding hydrogens is 424 g/mol. The van der Waals surface area contributed by atoms with Gasteiger partial charge in [0, 0.05) is 45.3 Å². The van der Waals surface area contributed by atoms with Crippen LogP contribution < -0.4 is 10.0 Å². The van der Waals surface area contributed by atoms with E-state index >= 15 is 0 Å². The molecule has 0 unspecified atom stereocenters. The van der Waals surface area contributed by atoms with Gasteiger partial charge in [-0.05, 0) is 53.6 Å². The predicted molar refractivity (Wildman–Crippen MR) is 117 cm³/mol. The number of carbonyl (C=O) groups excluding carboxylic acids is 2. The standard InChI is InChI=1S/C20H26N4O4S2/c1-15(22-30(27,28)19-5-3-18(4-6-19)21-16(2)25)20(26)24-10-8-23(9-11-24)13-17-7-12-29-14-17/h3-7,12,14-15,22H,8-11,13H2,1-2H3,(H,21,25)/t15-/m0/s1. The second-order valence-electron chi connectivity index (χ2n) is 7.28. The largest absolute Gasteiger partial charge is 0.339 e. The summed E-state index contributed by atoms with van der Waals surface area (Å²) in [6.07, 6.45) is 0. The number of hydrogen-bond acceptors (Lipinski definition) is 6. The van der Waals surface area contributed by atoms with Crippen LogP contribution in [0.3, 0.4) is 0 Å². The highest BCUT2D eigenvalue weighted by molar-refractivity contribution is 7.89. The summed E-state index contributed by atoms with van der Waals surface area (Å²) in [5.74, 6) is -0.470. The Morgan fingerprint density at radius 3 is 2.33 bits per heavy atom. The van der Waals surface area contributed by atoms with Crippen molar-refractivity contribution in [3.05, 3.63) is 46.7 Å². The number of benzene rings is 1. The van der Waals surface area contributed by atoms with E-state index in [0.29, 0.717) is 18.8 Å². The van der Waals surface area contributed by atoms with E-state index in [0.717, 1.165) is 19.6 Å². The van der Waals surface area contributed by atoms with Gasteiger partial charge in [0.2, 0.25) is 21.8 Å². The van der Waals surface area contributed by atoms with Crippen LogP contribution in [0.4, 0.5) is 5.69 Å². The molecule has 1 fully saturated rings. The normalized spacial score (nSPS) is 16.3. The lowest BCUT2D eigenvalue weighted by molar-refractivity contribution is -0.134. The Hall–Kier alpha value is -2.27. The van der Waals surface area contributed by atoms with Crippen molar-refractivity contribution in [2.75, 3.05) is 31.5 Å². The third kappa shape index (κ3) is 5.88. The van der Waals surface area contributed by atoms with Crippen molar-refractivity contribution < 1.29 is 18.0 Å². The molecule has 10 heteroatoms. The zero-order valence-electron chi connectivity index (χ0n) is 17.0.